The van der Waals surface area contributed by atoms with Gasteiger partial charge >= 0.3 is 0 Å². The Balaban J connectivity index is 2.34. The number of Topliss-reactive ketones (excluding diaryl/α,β-unsaturated/α-hetero) is 1. The molecule has 19 heavy (non-hydrogen) atoms. The van der Waals surface area contributed by atoms with Gasteiger partial charge in [0, 0.05) is 10.0 Å². The van der Waals surface area contributed by atoms with Crippen LogP contribution in [0.25, 0.3) is 0 Å². The summed E-state index contributed by atoms with van der Waals surface area (Å²) < 4.78 is 29.6. The first kappa shape index (κ1) is 14.5. The molecule has 1 fully saturated rings. The zero-order chi connectivity index (χ0) is 14.0. The summed E-state index contributed by atoms with van der Waals surface area (Å²) in [5.74, 6) is 0.404. The number of carbonyl (C=O) groups is 1. The molecule has 104 valence electrons. The molecule has 0 aliphatic carbocycles. The standard InChI is InChI=1S/C13H15BrO4S/c1-18-9-5-6-10(11(14)8-9)13(15)12-4-2-3-7-19(12,16)17/h5-6,8,12H,2-4,7H2,1H3. The molecule has 1 saturated heterocycles. The van der Waals surface area contributed by atoms with Gasteiger partial charge in [0.15, 0.2) is 15.6 Å². The lowest BCUT2D eigenvalue weighted by Crippen LogP contribution is -2.35. The van der Waals surface area contributed by atoms with E-state index in [-0.39, 0.29) is 11.5 Å². The number of rotatable bonds is 3. The maximum atomic E-state index is 12.4. The summed E-state index contributed by atoms with van der Waals surface area (Å²) in [5, 5.41) is -0.897. The number of hydrogen-bond acceptors (Lipinski definition) is 4. The molecular formula is C13H15BrO4S. The summed E-state index contributed by atoms with van der Waals surface area (Å²) in [6, 6.07) is 4.94. The molecule has 0 radical (unpaired) electrons. The molecule has 1 unspecified atom stereocenters. The highest BCUT2D eigenvalue weighted by molar-refractivity contribution is 9.10. The summed E-state index contributed by atoms with van der Waals surface area (Å²) in [4.78, 5) is 12.4. The van der Waals surface area contributed by atoms with Gasteiger partial charge in [-0.3, -0.25) is 4.79 Å². The first-order valence-electron chi connectivity index (χ1n) is 6.05. The van der Waals surface area contributed by atoms with Crippen molar-refractivity contribution in [2.75, 3.05) is 12.9 Å². The summed E-state index contributed by atoms with van der Waals surface area (Å²) in [5.41, 5.74) is 0.399. The molecule has 0 aromatic heterocycles. The quantitative estimate of drug-likeness (QED) is 0.789. The molecular weight excluding hydrogens is 332 g/mol. The average molecular weight is 347 g/mol. The van der Waals surface area contributed by atoms with E-state index in [1.54, 1.807) is 18.2 Å². The molecule has 6 heteroatoms. The van der Waals surface area contributed by atoms with Gasteiger partial charge in [-0.25, -0.2) is 8.42 Å². The normalized spacial score (nSPS) is 21.9. The van der Waals surface area contributed by atoms with Crippen molar-refractivity contribution < 1.29 is 17.9 Å². The number of benzene rings is 1. The van der Waals surface area contributed by atoms with Gasteiger partial charge in [0.2, 0.25) is 0 Å². The third-order valence-electron chi connectivity index (χ3n) is 3.31. The molecule has 0 amide bonds. The minimum absolute atomic E-state index is 0.108. The number of hydrogen-bond donors (Lipinski definition) is 0. The third-order valence-corrected chi connectivity index (χ3v) is 6.14. The Kier molecular flexibility index (Phi) is 4.30. The van der Waals surface area contributed by atoms with E-state index in [0.717, 1.165) is 6.42 Å². The lowest BCUT2D eigenvalue weighted by Gasteiger charge is -2.21. The van der Waals surface area contributed by atoms with Gasteiger partial charge in [-0.05, 0) is 47.0 Å². The largest absolute Gasteiger partial charge is 0.497 e. The second-order valence-electron chi connectivity index (χ2n) is 4.56. The minimum Gasteiger partial charge on any atom is -0.497 e. The van der Waals surface area contributed by atoms with E-state index >= 15 is 0 Å². The van der Waals surface area contributed by atoms with Crippen LogP contribution in [0, 0.1) is 0 Å². The second kappa shape index (κ2) is 5.63. The molecule has 1 aliphatic rings. The summed E-state index contributed by atoms with van der Waals surface area (Å²) in [6.07, 6.45) is 1.85. The Morgan fingerprint density at radius 1 is 1.37 bits per heavy atom. The van der Waals surface area contributed by atoms with E-state index in [1.807, 2.05) is 0 Å². The van der Waals surface area contributed by atoms with Crippen molar-refractivity contribution in [3.05, 3.63) is 28.2 Å². The summed E-state index contributed by atoms with van der Waals surface area (Å²) in [7, 11) is -1.77. The molecule has 1 heterocycles. The zero-order valence-electron chi connectivity index (χ0n) is 10.6. The maximum absolute atomic E-state index is 12.4. The minimum atomic E-state index is -3.30. The summed E-state index contributed by atoms with van der Waals surface area (Å²) in [6.45, 7) is 0. The van der Waals surface area contributed by atoms with Gasteiger partial charge in [-0.2, -0.15) is 0 Å². The summed E-state index contributed by atoms with van der Waals surface area (Å²) >= 11 is 3.30. The predicted octanol–water partition coefficient (Wildman–Crippen LogP) is 2.61. The maximum Gasteiger partial charge on any atom is 0.182 e. The van der Waals surface area contributed by atoms with Crippen molar-refractivity contribution in [3.8, 4) is 5.75 Å². The molecule has 0 bridgehead atoms. The fourth-order valence-corrected chi connectivity index (χ4v) is 4.67. The number of methoxy groups -OCH3 is 1. The number of ketones is 1. The van der Waals surface area contributed by atoms with Crippen LogP contribution in [0.4, 0.5) is 0 Å². The molecule has 1 aromatic rings. The van der Waals surface area contributed by atoms with Crippen LogP contribution in [-0.2, 0) is 9.84 Å². The van der Waals surface area contributed by atoms with Gasteiger partial charge in [-0.15, -0.1) is 0 Å². The number of ether oxygens (including phenoxy) is 1. The first-order chi connectivity index (χ1) is 8.95. The van der Waals surface area contributed by atoms with Gasteiger partial charge in [-0.1, -0.05) is 6.42 Å². The van der Waals surface area contributed by atoms with Crippen LogP contribution >= 0.6 is 15.9 Å². The van der Waals surface area contributed by atoms with Gasteiger partial charge in [0.05, 0.1) is 12.9 Å². The molecule has 0 spiro atoms. The SMILES string of the molecule is COc1ccc(C(=O)C2CCCCS2(=O)=O)c(Br)c1. The number of carbonyl (C=O) groups excluding carboxylic acids is 1. The zero-order valence-corrected chi connectivity index (χ0v) is 13.0. The molecule has 0 saturated carbocycles. The van der Waals surface area contributed by atoms with Gasteiger partial charge < -0.3 is 4.74 Å². The first-order valence-corrected chi connectivity index (χ1v) is 8.56. The monoisotopic (exact) mass is 346 g/mol. The van der Waals surface area contributed by atoms with E-state index in [1.165, 1.54) is 7.11 Å². The van der Waals surface area contributed by atoms with Crippen molar-refractivity contribution in [2.24, 2.45) is 0 Å². The van der Waals surface area contributed by atoms with Crippen molar-refractivity contribution in [2.45, 2.75) is 24.5 Å². The van der Waals surface area contributed by atoms with Crippen LogP contribution in [0.5, 0.6) is 5.75 Å². The van der Waals surface area contributed by atoms with Crippen LogP contribution in [0.1, 0.15) is 29.6 Å². The Hall–Kier alpha value is -0.880. The topological polar surface area (TPSA) is 60.4 Å². The van der Waals surface area contributed by atoms with Crippen LogP contribution in [0.3, 0.4) is 0 Å². The lowest BCUT2D eigenvalue weighted by atomic mass is 10.0. The second-order valence-corrected chi connectivity index (χ2v) is 7.72. The van der Waals surface area contributed by atoms with Crippen molar-refractivity contribution in [1.29, 1.82) is 0 Å². The predicted molar refractivity (Wildman–Crippen MR) is 76.5 cm³/mol. The molecule has 1 atom stereocenters. The average Bonchev–Trinajstić information content (AvgIpc) is 2.37. The van der Waals surface area contributed by atoms with Crippen LogP contribution in [0.15, 0.2) is 22.7 Å². The molecule has 1 aromatic carbocycles. The van der Waals surface area contributed by atoms with Crippen LogP contribution < -0.4 is 4.74 Å². The van der Waals surface area contributed by atoms with E-state index in [0.29, 0.717) is 28.6 Å². The lowest BCUT2D eigenvalue weighted by molar-refractivity contribution is 0.0980. The van der Waals surface area contributed by atoms with Crippen LogP contribution in [0.2, 0.25) is 0 Å². The number of halogens is 1. The van der Waals surface area contributed by atoms with Crippen LogP contribution in [-0.4, -0.2) is 32.3 Å². The Morgan fingerprint density at radius 3 is 2.68 bits per heavy atom. The van der Waals surface area contributed by atoms with E-state index in [9.17, 15) is 13.2 Å². The van der Waals surface area contributed by atoms with E-state index < -0.39 is 15.1 Å². The molecule has 4 nitrogen and oxygen atoms in total. The molecule has 2 rings (SSSR count). The highest BCUT2D eigenvalue weighted by atomic mass is 79.9. The fourth-order valence-electron chi connectivity index (χ4n) is 2.25. The number of sulfone groups is 1. The van der Waals surface area contributed by atoms with Gasteiger partial charge in [0.1, 0.15) is 11.0 Å². The van der Waals surface area contributed by atoms with Gasteiger partial charge in [0.25, 0.3) is 0 Å². The Labute approximate surface area is 121 Å². The van der Waals surface area contributed by atoms with Crippen molar-refractivity contribution in [3.63, 3.8) is 0 Å². The van der Waals surface area contributed by atoms with Crippen molar-refractivity contribution >= 4 is 31.6 Å². The third kappa shape index (κ3) is 3.00. The Bertz CT molecular complexity index is 595. The highest BCUT2D eigenvalue weighted by Crippen LogP contribution is 2.28. The molecule has 0 N–H and O–H groups in total. The van der Waals surface area contributed by atoms with Crippen molar-refractivity contribution in [1.82, 2.24) is 0 Å². The van der Waals surface area contributed by atoms with E-state index in [4.69, 9.17) is 4.74 Å². The Morgan fingerprint density at radius 2 is 2.11 bits per heavy atom. The fraction of sp³-hybridized carbons (Fsp3) is 0.462. The van der Waals surface area contributed by atoms with E-state index in [2.05, 4.69) is 15.9 Å². The smallest absolute Gasteiger partial charge is 0.182 e. The highest BCUT2D eigenvalue weighted by Gasteiger charge is 2.35. The molecule has 1 aliphatic heterocycles.